The highest BCUT2D eigenvalue weighted by atomic mass is 35.5. The van der Waals surface area contributed by atoms with Gasteiger partial charge in [0.1, 0.15) is 11.5 Å². The number of benzene rings is 2. The second kappa shape index (κ2) is 5.29. The molecule has 0 heterocycles. The highest BCUT2D eigenvalue weighted by Crippen LogP contribution is 2.30. The topological polar surface area (TPSA) is 55.5 Å². The van der Waals surface area contributed by atoms with Crippen molar-refractivity contribution in [3.8, 4) is 11.5 Å². The van der Waals surface area contributed by atoms with Crippen molar-refractivity contribution in [1.82, 2.24) is 0 Å². The molecule has 2 aromatic carbocycles. The molecule has 0 bridgehead atoms. The fraction of sp³-hybridized carbons (Fsp3) is 0.143. The zero-order valence-corrected chi connectivity index (χ0v) is 10.7. The van der Waals surface area contributed by atoms with Crippen molar-refractivity contribution in [2.45, 2.75) is 13.0 Å². The minimum atomic E-state index is -0.531. The van der Waals surface area contributed by atoms with Crippen LogP contribution in [0.4, 0.5) is 5.69 Å². The normalized spacial score (nSPS) is 12.2. The molecule has 18 heavy (non-hydrogen) atoms. The van der Waals surface area contributed by atoms with Gasteiger partial charge in [-0.05, 0) is 42.8 Å². The number of halogens is 1. The Kier molecular flexibility index (Phi) is 3.75. The van der Waals surface area contributed by atoms with Crippen molar-refractivity contribution < 1.29 is 9.84 Å². The number of ether oxygens (including phenoxy) is 1. The minimum Gasteiger partial charge on any atom is -0.455 e. The van der Waals surface area contributed by atoms with Crippen LogP contribution in [-0.4, -0.2) is 5.11 Å². The fourth-order valence-corrected chi connectivity index (χ4v) is 1.76. The zero-order chi connectivity index (χ0) is 13.1. The lowest BCUT2D eigenvalue weighted by molar-refractivity contribution is 0.199. The molecule has 4 heteroatoms. The number of aliphatic hydroxyl groups is 1. The van der Waals surface area contributed by atoms with E-state index in [-0.39, 0.29) is 0 Å². The van der Waals surface area contributed by atoms with E-state index in [0.29, 0.717) is 22.2 Å². The first kappa shape index (κ1) is 12.7. The molecule has 0 spiro atoms. The Morgan fingerprint density at radius 3 is 2.67 bits per heavy atom. The number of nitrogen functional groups attached to an aromatic ring is 1. The summed E-state index contributed by atoms with van der Waals surface area (Å²) in [4.78, 5) is 0. The lowest BCUT2D eigenvalue weighted by Gasteiger charge is -2.11. The van der Waals surface area contributed by atoms with E-state index in [2.05, 4.69) is 0 Å². The number of anilines is 1. The third-order valence-electron chi connectivity index (χ3n) is 2.54. The first-order valence-corrected chi connectivity index (χ1v) is 5.95. The third kappa shape index (κ3) is 2.94. The van der Waals surface area contributed by atoms with Gasteiger partial charge in [-0.25, -0.2) is 0 Å². The largest absolute Gasteiger partial charge is 0.455 e. The second-order valence-corrected chi connectivity index (χ2v) is 4.47. The summed E-state index contributed by atoms with van der Waals surface area (Å²) in [6, 6.07) is 12.3. The van der Waals surface area contributed by atoms with Gasteiger partial charge in [-0.1, -0.05) is 23.7 Å². The van der Waals surface area contributed by atoms with E-state index in [4.69, 9.17) is 22.1 Å². The van der Waals surface area contributed by atoms with Crippen LogP contribution in [0.1, 0.15) is 18.6 Å². The standard InChI is InChI=1S/C14H14ClNO2/c1-9(17)10-3-2-4-12(7-10)18-14-6-5-11(15)8-13(14)16/h2-9,17H,16H2,1H3/t9-/m1/s1. The molecule has 0 fully saturated rings. The van der Waals surface area contributed by atoms with Crippen LogP contribution >= 0.6 is 11.6 Å². The van der Waals surface area contributed by atoms with Crippen LogP contribution in [0, 0.1) is 0 Å². The lowest BCUT2D eigenvalue weighted by Crippen LogP contribution is -1.94. The Hall–Kier alpha value is -1.71. The Bertz CT molecular complexity index is 555. The number of aliphatic hydroxyl groups excluding tert-OH is 1. The van der Waals surface area contributed by atoms with Gasteiger partial charge in [-0.15, -0.1) is 0 Å². The van der Waals surface area contributed by atoms with Crippen LogP contribution in [0.25, 0.3) is 0 Å². The Morgan fingerprint density at radius 2 is 2.00 bits per heavy atom. The Labute approximate surface area is 111 Å². The van der Waals surface area contributed by atoms with Gasteiger partial charge in [-0.3, -0.25) is 0 Å². The van der Waals surface area contributed by atoms with Gasteiger partial charge < -0.3 is 15.6 Å². The minimum absolute atomic E-state index is 0.477. The molecule has 94 valence electrons. The van der Waals surface area contributed by atoms with Crippen molar-refractivity contribution >= 4 is 17.3 Å². The highest BCUT2D eigenvalue weighted by molar-refractivity contribution is 6.30. The maximum absolute atomic E-state index is 9.51. The quantitative estimate of drug-likeness (QED) is 0.829. The average Bonchev–Trinajstić information content (AvgIpc) is 2.33. The fourth-order valence-electron chi connectivity index (χ4n) is 1.58. The second-order valence-electron chi connectivity index (χ2n) is 4.03. The van der Waals surface area contributed by atoms with E-state index < -0.39 is 6.10 Å². The third-order valence-corrected chi connectivity index (χ3v) is 2.78. The summed E-state index contributed by atoms with van der Waals surface area (Å²) in [5.41, 5.74) is 7.08. The van der Waals surface area contributed by atoms with Crippen LogP contribution in [0.2, 0.25) is 5.02 Å². The van der Waals surface area contributed by atoms with Gasteiger partial charge in [0.25, 0.3) is 0 Å². The average molecular weight is 264 g/mol. The maximum Gasteiger partial charge on any atom is 0.150 e. The van der Waals surface area contributed by atoms with Crippen molar-refractivity contribution in [1.29, 1.82) is 0 Å². The molecule has 0 aromatic heterocycles. The monoisotopic (exact) mass is 263 g/mol. The molecule has 0 aliphatic rings. The van der Waals surface area contributed by atoms with Crippen LogP contribution in [0.5, 0.6) is 11.5 Å². The molecule has 0 saturated carbocycles. The first-order chi connectivity index (χ1) is 8.56. The first-order valence-electron chi connectivity index (χ1n) is 5.57. The summed E-state index contributed by atoms with van der Waals surface area (Å²) < 4.78 is 5.66. The van der Waals surface area contributed by atoms with Gasteiger partial charge in [0, 0.05) is 5.02 Å². The number of nitrogens with two attached hydrogens (primary N) is 1. The van der Waals surface area contributed by atoms with Crippen LogP contribution < -0.4 is 10.5 Å². The summed E-state index contributed by atoms with van der Waals surface area (Å²) >= 11 is 5.82. The molecule has 1 atom stereocenters. The molecule has 2 aromatic rings. The van der Waals surface area contributed by atoms with E-state index in [9.17, 15) is 5.11 Å². The molecule has 0 amide bonds. The molecule has 0 unspecified atom stereocenters. The van der Waals surface area contributed by atoms with Crippen LogP contribution in [-0.2, 0) is 0 Å². The predicted molar refractivity (Wildman–Crippen MR) is 73.0 cm³/mol. The van der Waals surface area contributed by atoms with Gasteiger partial charge in [0.2, 0.25) is 0 Å². The van der Waals surface area contributed by atoms with Crippen LogP contribution in [0.15, 0.2) is 42.5 Å². The summed E-state index contributed by atoms with van der Waals surface area (Å²) in [5, 5.41) is 10.1. The van der Waals surface area contributed by atoms with Crippen molar-refractivity contribution in [2.75, 3.05) is 5.73 Å². The van der Waals surface area contributed by atoms with Gasteiger partial charge in [-0.2, -0.15) is 0 Å². The molecular weight excluding hydrogens is 250 g/mol. The number of rotatable bonds is 3. The van der Waals surface area contributed by atoms with Crippen molar-refractivity contribution in [2.24, 2.45) is 0 Å². The predicted octanol–water partition coefficient (Wildman–Crippen LogP) is 3.77. The smallest absolute Gasteiger partial charge is 0.150 e. The number of hydrogen-bond acceptors (Lipinski definition) is 3. The van der Waals surface area contributed by atoms with E-state index in [1.165, 1.54) is 0 Å². The van der Waals surface area contributed by atoms with Crippen molar-refractivity contribution in [3.05, 3.63) is 53.1 Å². The van der Waals surface area contributed by atoms with E-state index >= 15 is 0 Å². The van der Waals surface area contributed by atoms with E-state index in [1.807, 2.05) is 12.1 Å². The van der Waals surface area contributed by atoms with Gasteiger partial charge in [0.05, 0.1) is 11.8 Å². The molecule has 0 aliphatic carbocycles. The summed E-state index contributed by atoms with van der Waals surface area (Å²) in [6.07, 6.45) is -0.531. The summed E-state index contributed by atoms with van der Waals surface area (Å²) in [7, 11) is 0. The van der Waals surface area contributed by atoms with Crippen LogP contribution in [0.3, 0.4) is 0 Å². The van der Waals surface area contributed by atoms with E-state index in [0.717, 1.165) is 5.56 Å². The molecule has 3 N–H and O–H groups in total. The molecule has 0 radical (unpaired) electrons. The van der Waals surface area contributed by atoms with Crippen molar-refractivity contribution in [3.63, 3.8) is 0 Å². The highest BCUT2D eigenvalue weighted by Gasteiger charge is 2.05. The molecule has 0 aliphatic heterocycles. The molecular formula is C14H14ClNO2. The summed E-state index contributed by atoms with van der Waals surface area (Å²) in [6.45, 7) is 1.70. The Morgan fingerprint density at radius 1 is 1.22 bits per heavy atom. The Balaban J connectivity index is 2.25. The summed E-state index contributed by atoms with van der Waals surface area (Å²) in [5.74, 6) is 1.17. The molecule has 2 rings (SSSR count). The van der Waals surface area contributed by atoms with E-state index in [1.54, 1.807) is 37.3 Å². The van der Waals surface area contributed by atoms with Gasteiger partial charge in [0.15, 0.2) is 0 Å². The lowest BCUT2D eigenvalue weighted by atomic mass is 10.1. The SMILES string of the molecule is C[C@@H](O)c1cccc(Oc2ccc(Cl)cc2N)c1. The molecule has 0 saturated heterocycles. The number of hydrogen-bond donors (Lipinski definition) is 2. The maximum atomic E-state index is 9.51. The van der Waals surface area contributed by atoms with Gasteiger partial charge >= 0.3 is 0 Å². The zero-order valence-electron chi connectivity index (χ0n) is 9.93. The molecule has 3 nitrogen and oxygen atoms in total.